The van der Waals surface area contributed by atoms with E-state index in [0.29, 0.717) is 12.1 Å². The molecule has 40 heavy (non-hydrogen) atoms. The molecule has 2 atom stereocenters. The van der Waals surface area contributed by atoms with Crippen molar-refractivity contribution in [2.24, 2.45) is 0 Å². The smallest absolute Gasteiger partial charge is 0.337 e. The fourth-order valence-electron chi connectivity index (χ4n) is 4.73. The Morgan fingerprint density at radius 2 is 1.80 bits per heavy atom. The minimum absolute atomic E-state index is 0.0299. The molecule has 0 spiro atoms. The molecule has 2 unspecified atom stereocenters. The van der Waals surface area contributed by atoms with Crippen molar-refractivity contribution in [3.05, 3.63) is 78.1 Å². The summed E-state index contributed by atoms with van der Waals surface area (Å²) < 4.78 is 24.0. The molecule has 0 saturated heterocycles. The molecule has 1 saturated carbocycles. The number of ether oxygens (including phenoxy) is 3. The average molecular weight is 563 g/mol. The van der Waals surface area contributed by atoms with E-state index >= 15 is 0 Å². The molecule has 8 heteroatoms. The van der Waals surface area contributed by atoms with E-state index in [1.54, 1.807) is 19.4 Å². The number of benzene rings is 2. The van der Waals surface area contributed by atoms with Crippen molar-refractivity contribution in [2.75, 3.05) is 19.1 Å². The van der Waals surface area contributed by atoms with Crippen LogP contribution < -0.4 is 14.4 Å². The van der Waals surface area contributed by atoms with E-state index in [2.05, 4.69) is 43.7 Å². The lowest BCUT2D eigenvalue weighted by Gasteiger charge is -2.38. The predicted molar refractivity (Wildman–Crippen MR) is 161 cm³/mol. The molecule has 1 fully saturated rings. The van der Waals surface area contributed by atoms with Crippen LogP contribution in [0.25, 0.3) is 0 Å². The van der Waals surface area contributed by atoms with Crippen LogP contribution in [0.5, 0.6) is 11.5 Å². The van der Waals surface area contributed by atoms with Gasteiger partial charge >= 0.3 is 5.97 Å². The third-order valence-corrected chi connectivity index (χ3v) is 12.5. The SMILES string of the molecule is COC(=O)c1cccc(N(Cc2cccnc2)c2ccc(OC)cc2OC2CCC(O[Si](C)(C)C(C)(C)C)C2)c1. The Bertz CT molecular complexity index is 1290. The van der Waals surface area contributed by atoms with Crippen molar-refractivity contribution in [3.8, 4) is 11.5 Å². The van der Waals surface area contributed by atoms with Gasteiger partial charge < -0.3 is 23.5 Å². The molecule has 1 heterocycles. The summed E-state index contributed by atoms with van der Waals surface area (Å²) in [5, 5.41) is 0.164. The molecule has 2 aromatic carbocycles. The van der Waals surface area contributed by atoms with Gasteiger partial charge in [-0.1, -0.05) is 32.9 Å². The van der Waals surface area contributed by atoms with Crippen LogP contribution in [-0.4, -0.2) is 45.7 Å². The summed E-state index contributed by atoms with van der Waals surface area (Å²) in [5.41, 5.74) is 3.22. The Kier molecular flexibility index (Phi) is 9.21. The largest absolute Gasteiger partial charge is 0.497 e. The standard InChI is InChI=1S/C32H42N2O5Si/c1-32(2,3)40(6,7)39-28-14-13-27(19-28)38-30-20-26(36-4)15-16-29(30)34(22-23-10-9-17-33-21-23)25-12-8-11-24(18-25)31(35)37-5/h8-12,15-18,20-21,27-28H,13-14,19,22H2,1-7H3. The molecule has 0 N–H and O–H groups in total. The Balaban J connectivity index is 1.66. The van der Waals surface area contributed by atoms with E-state index in [1.165, 1.54) is 7.11 Å². The predicted octanol–water partition coefficient (Wildman–Crippen LogP) is 7.54. The molecule has 0 radical (unpaired) electrons. The van der Waals surface area contributed by atoms with Crippen molar-refractivity contribution in [1.29, 1.82) is 0 Å². The fraction of sp³-hybridized carbons (Fsp3) is 0.438. The van der Waals surface area contributed by atoms with Crippen LogP contribution >= 0.6 is 0 Å². The lowest BCUT2D eigenvalue weighted by Crippen LogP contribution is -2.43. The maximum Gasteiger partial charge on any atom is 0.337 e. The number of hydrogen-bond acceptors (Lipinski definition) is 7. The summed E-state index contributed by atoms with van der Waals surface area (Å²) in [6, 6.07) is 17.3. The first kappa shape index (κ1) is 29.6. The van der Waals surface area contributed by atoms with Gasteiger partial charge in [0.15, 0.2) is 8.32 Å². The lowest BCUT2D eigenvalue weighted by molar-refractivity contribution is 0.0600. The highest BCUT2D eigenvalue weighted by Crippen LogP contribution is 2.42. The number of anilines is 2. The van der Waals surface area contributed by atoms with Crippen LogP contribution in [0.4, 0.5) is 11.4 Å². The molecular weight excluding hydrogens is 520 g/mol. The second kappa shape index (κ2) is 12.4. The first-order chi connectivity index (χ1) is 19.0. The summed E-state index contributed by atoms with van der Waals surface area (Å²) in [6.07, 6.45) is 6.60. The van der Waals surface area contributed by atoms with Gasteiger partial charge in [0.1, 0.15) is 17.6 Å². The van der Waals surface area contributed by atoms with Crippen LogP contribution in [0.3, 0.4) is 0 Å². The molecule has 1 aliphatic carbocycles. The van der Waals surface area contributed by atoms with E-state index in [4.69, 9.17) is 18.6 Å². The number of aromatic nitrogens is 1. The van der Waals surface area contributed by atoms with Crippen LogP contribution in [0, 0.1) is 0 Å². The number of methoxy groups -OCH3 is 2. The average Bonchev–Trinajstić information content (AvgIpc) is 3.37. The Morgan fingerprint density at radius 3 is 2.48 bits per heavy atom. The van der Waals surface area contributed by atoms with Gasteiger partial charge in [-0.3, -0.25) is 4.98 Å². The second-order valence-corrected chi connectivity index (χ2v) is 16.6. The van der Waals surface area contributed by atoms with Gasteiger partial charge in [0.25, 0.3) is 0 Å². The minimum Gasteiger partial charge on any atom is -0.497 e. The van der Waals surface area contributed by atoms with Gasteiger partial charge in [0.05, 0.1) is 25.5 Å². The zero-order valence-corrected chi connectivity index (χ0v) is 25.8. The van der Waals surface area contributed by atoms with Gasteiger partial charge in [-0.05, 0) is 72.9 Å². The molecule has 0 aliphatic heterocycles. The molecule has 7 nitrogen and oxygen atoms in total. The summed E-state index contributed by atoms with van der Waals surface area (Å²) in [4.78, 5) is 18.8. The molecule has 214 valence electrons. The van der Waals surface area contributed by atoms with Crippen molar-refractivity contribution in [2.45, 2.75) is 76.9 Å². The Labute approximate surface area is 239 Å². The van der Waals surface area contributed by atoms with E-state index in [-0.39, 0.29) is 23.2 Å². The van der Waals surface area contributed by atoms with E-state index < -0.39 is 8.32 Å². The molecular formula is C32H42N2O5Si. The van der Waals surface area contributed by atoms with E-state index in [9.17, 15) is 4.79 Å². The van der Waals surface area contributed by atoms with Gasteiger partial charge in [-0.25, -0.2) is 4.79 Å². The molecule has 1 aromatic heterocycles. The number of esters is 1. The summed E-state index contributed by atoms with van der Waals surface area (Å²) in [6.45, 7) is 12.0. The molecule has 0 amide bonds. The van der Waals surface area contributed by atoms with Crippen LogP contribution in [0.2, 0.25) is 18.1 Å². The Hall–Kier alpha value is -3.36. The van der Waals surface area contributed by atoms with Crippen molar-refractivity contribution in [1.82, 2.24) is 4.98 Å². The van der Waals surface area contributed by atoms with Crippen molar-refractivity contribution in [3.63, 3.8) is 0 Å². The number of carbonyl (C=O) groups is 1. The number of rotatable bonds is 10. The van der Waals surface area contributed by atoms with Gasteiger partial charge in [0.2, 0.25) is 0 Å². The second-order valence-electron chi connectivity index (χ2n) is 11.9. The van der Waals surface area contributed by atoms with Gasteiger partial charge in [-0.2, -0.15) is 0 Å². The number of nitrogens with zero attached hydrogens (tertiary/aromatic N) is 2. The summed E-state index contributed by atoms with van der Waals surface area (Å²) in [5.74, 6) is 1.06. The van der Waals surface area contributed by atoms with E-state index in [0.717, 1.165) is 47.7 Å². The quantitative estimate of drug-likeness (QED) is 0.187. The first-order valence-corrected chi connectivity index (χ1v) is 16.8. The monoisotopic (exact) mass is 562 g/mol. The van der Waals surface area contributed by atoms with E-state index in [1.807, 2.05) is 54.7 Å². The van der Waals surface area contributed by atoms with Crippen LogP contribution in [0.15, 0.2) is 67.0 Å². The van der Waals surface area contributed by atoms with Gasteiger partial charge in [0, 0.05) is 43.2 Å². The molecule has 3 aromatic rings. The topological polar surface area (TPSA) is 70.1 Å². The van der Waals surface area contributed by atoms with Gasteiger partial charge in [-0.15, -0.1) is 0 Å². The molecule has 1 aliphatic rings. The lowest BCUT2D eigenvalue weighted by atomic mass is 10.1. The fourth-order valence-corrected chi connectivity index (χ4v) is 6.14. The van der Waals surface area contributed by atoms with Crippen LogP contribution in [-0.2, 0) is 15.7 Å². The van der Waals surface area contributed by atoms with Crippen molar-refractivity contribution >= 4 is 25.7 Å². The number of pyridine rings is 1. The number of carbonyl (C=O) groups excluding carboxylic acids is 1. The first-order valence-electron chi connectivity index (χ1n) is 13.9. The zero-order chi connectivity index (χ0) is 28.9. The molecule has 0 bridgehead atoms. The molecule has 4 rings (SSSR count). The minimum atomic E-state index is -1.87. The normalized spacial score (nSPS) is 17.4. The summed E-state index contributed by atoms with van der Waals surface area (Å²) in [7, 11) is 1.18. The highest BCUT2D eigenvalue weighted by Gasteiger charge is 2.41. The summed E-state index contributed by atoms with van der Waals surface area (Å²) >= 11 is 0. The van der Waals surface area contributed by atoms with Crippen molar-refractivity contribution < 1.29 is 23.4 Å². The highest BCUT2D eigenvalue weighted by molar-refractivity contribution is 6.74. The number of hydrogen-bond donors (Lipinski definition) is 0. The Morgan fingerprint density at radius 1 is 1.02 bits per heavy atom. The third kappa shape index (κ3) is 7.03. The highest BCUT2D eigenvalue weighted by atomic mass is 28.4. The zero-order valence-electron chi connectivity index (χ0n) is 24.8. The maximum atomic E-state index is 12.4. The third-order valence-electron chi connectivity index (χ3n) is 8.00. The maximum absolute atomic E-state index is 12.4. The van der Waals surface area contributed by atoms with Crippen LogP contribution in [0.1, 0.15) is 56.0 Å².